The van der Waals surface area contributed by atoms with E-state index >= 15 is 0 Å². The van der Waals surface area contributed by atoms with Crippen molar-refractivity contribution < 1.29 is 0 Å². The van der Waals surface area contributed by atoms with E-state index in [0.29, 0.717) is 5.95 Å². The van der Waals surface area contributed by atoms with Crippen LogP contribution in [0.3, 0.4) is 0 Å². The molecule has 4 nitrogen and oxygen atoms in total. The smallest absolute Gasteiger partial charge is 0.222 e. The zero-order valence-electron chi connectivity index (χ0n) is 8.12. The van der Waals surface area contributed by atoms with Crippen molar-refractivity contribution in [2.45, 2.75) is 25.8 Å². The first-order chi connectivity index (χ1) is 6.08. The molecule has 0 aromatic carbocycles. The Kier molecular flexibility index (Phi) is 3.19. The maximum atomic E-state index is 5.82. The lowest BCUT2D eigenvalue weighted by molar-refractivity contribution is 0.490. The molecular weight excluding hydrogens is 164 g/mol. The molecule has 3 N–H and O–H groups in total. The van der Waals surface area contributed by atoms with Gasteiger partial charge in [-0.15, -0.1) is 0 Å². The van der Waals surface area contributed by atoms with E-state index in [1.807, 2.05) is 13.8 Å². The van der Waals surface area contributed by atoms with Crippen LogP contribution in [0.2, 0.25) is 0 Å². The van der Waals surface area contributed by atoms with Gasteiger partial charge in [-0.2, -0.15) is 0 Å². The van der Waals surface area contributed by atoms with Crippen LogP contribution in [0, 0.1) is 0 Å². The summed E-state index contributed by atoms with van der Waals surface area (Å²) in [5.74, 6) is 0.659. The molecule has 4 heteroatoms. The maximum Gasteiger partial charge on any atom is 0.222 e. The van der Waals surface area contributed by atoms with E-state index in [2.05, 4.69) is 15.3 Å². The zero-order chi connectivity index (χ0) is 9.73. The summed E-state index contributed by atoms with van der Waals surface area (Å²) < 4.78 is 0. The molecule has 0 atom stereocenters. The van der Waals surface area contributed by atoms with Gasteiger partial charge in [-0.25, -0.2) is 9.97 Å². The third-order valence-corrected chi connectivity index (χ3v) is 1.62. The van der Waals surface area contributed by atoms with Crippen LogP contribution in [-0.2, 0) is 0 Å². The quantitative estimate of drug-likeness (QED) is 0.726. The highest BCUT2D eigenvalue weighted by Gasteiger charge is 2.09. The first-order valence-corrected chi connectivity index (χ1v) is 4.38. The lowest BCUT2D eigenvalue weighted by atomic mass is 10.0. The Hall–Kier alpha value is -1.16. The van der Waals surface area contributed by atoms with Crippen LogP contribution in [0.15, 0.2) is 18.5 Å². The third-order valence-electron chi connectivity index (χ3n) is 1.62. The third kappa shape index (κ3) is 4.42. The monoisotopic (exact) mass is 180 g/mol. The number of nitrogens with one attached hydrogen (secondary N) is 1. The van der Waals surface area contributed by atoms with Gasteiger partial charge < -0.3 is 11.1 Å². The van der Waals surface area contributed by atoms with E-state index in [4.69, 9.17) is 5.73 Å². The van der Waals surface area contributed by atoms with Gasteiger partial charge in [0.2, 0.25) is 5.95 Å². The van der Waals surface area contributed by atoms with Crippen molar-refractivity contribution in [3.63, 3.8) is 0 Å². The summed E-state index contributed by atoms with van der Waals surface area (Å²) in [4.78, 5) is 8.07. The molecule has 0 bridgehead atoms. The predicted molar refractivity (Wildman–Crippen MR) is 53.4 cm³/mol. The van der Waals surface area contributed by atoms with E-state index in [1.54, 1.807) is 18.5 Å². The molecule has 72 valence electrons. The summed E-state index contributed by atoms with van der Waals surface area (Å²) >= 11 is 0. The van der Waals surface area contributed by atoms with Gasteiger partial charge in [0.15, 0.2) is 0 Å². The SMILES string of the molecule is CC(C)(N)CCNc1ncccn1. The Bertz CT molecular complexity index is 240. The summed E-state index contributed by atoms with van der Waals surface area (Å²) in [7, 11) is 0. The number of aromatic nitrogens is 2. The number of hydrogen-bond donors (Lipinski definition) is 2. The number of nitrogens with two attached hydrogens (primary N) is 1. The summed E-state index contributed by atoms with van der Waals surface area (Å²) in [5.41, 5.74) is 5.68. The normalized spacial score (nSPS) is 11.3. The van der Waals surface area contributed by atoms with Crippen molar-refractivity contribution in [1.29, 1.82) is 0 Å². The van der Waals surface area contributed by atoms with Crippen LogP contribution in [0.4, 0.5) is 5.95 Å². The maximum absolute atomic E-state index is 5.82. The van der Waals surface area contributed by atoms with Crippen LogP contribution in [-0.4, -0.2) is 22.1 Å². The van der Waals surface area contributed by atoms with Crippen LogP contribution >= 0.6 is 0 Å². The minimum absolute atomic E-state index is 0.137. The lowest BCUT2D eigenvalue weighted by Gasteiger charge is -2.17. The second-order valence-electron chi connectivity index (χ2n) is 3.74. The molecule has 0 saturated heterocycles. The van der Waals surface area contributed by atoms with Gasteiger partial charge in [0.25, 0.3) is 0 Å². The van der Waals surface area contributed by atoms with Gasteiger partial charge in [0.1, 0.15) is 0 Å². The Balaban J connectivity index is 2.29. The molecule has 13 heavy (non-hydrogen) atoms. The largest absolute Gasteiger partial charge is 0.354 e. The molecule has 1 heterocycles. The average molecular weight is 180 g/mol. The lowest BCUT2D eigenvalue weighted by Crippen LogP contribution is -2.34. The van der Waals surface area contributed by atoms with Crippen LogP contribution in [0.1, 0.15) is 20.3 Å². The minimum Gasteiger partial charge on any atom is -0.354 e. The highest BCUT2D eigenvalue weighted by molar-refractivity contribution is 5.21. The first-order valence-electron chi connectivity index (χ1n) is 4.38. The van der Waals surface area contributed by atoms with Crippen molar-refractivity contribution in [2.75, 3.05) is 11.9 Å². The minimum atomic E-state index is -0.137. The van der Waals surface area contributed by atoms with E-state index in [0.717, 1.165) is 13.0 Å². The molecule has 0 aliphatic carbocycles. The molecular formula is C9H16N4. The topological polar surface area (TPSA) is 63.8 Å². The fourth-order valence-corrected chi connectivity index (χ4v) is 0.887. The Morgan fingerprint density at radius 1 is 1.38 bits per heavy atom. The van der Waals surface area contributed by atoms with Crippen molar-refractivity contribution >= 4 is 5.95 Å². The molecule has 0 saturated carbocycles. The standard InChI is InChI=1S/C9H16N4/c1-9(2,10)4-7-13-8-11-5-3-6-12-8/h3,5-6H,4,7,10H2,1-2H3,(H,11,12,13). The molecule has 0 amide bonds. The molecule has 1 aromatic heterocycles. The summed E-state index contributed by atoms with van der Waals surface area (Å²) in [6, 6.07) is 1.79. The average Bonchev–Trinajstić information content (AvgIpc) is 2.04. The molecule has 0 aliphatic heterocycles. The van der Waals surface area contributed by atoms with Gasteiger partial charge in [0, 0.05) is 24.5 Å². The zero-order valence-corrected chi connectivity index (χ0v) is 8.12. The molecule has 0 unspecified atom stereocenters. The van der Waals surface area contributed by atoms with Gasteiger partial charge in [-0.1, -0.05) is 0 Å². The summed E-state index contributed by atoms with van der Waals surface area (Å²) in [6.45, 7) is 4.80. The summed E-state index contributed by atoms with van der Waals surface area (Å²) in [5, 5.41) is 3.10. The van der Waals surface area contributed by atoms with Crippen molar-refractivity contribution in [1.82, 2.24) is 9.97 Å². The van der Waals surface area contributed by atoms with E-state index < -0.39 is 0 Å². The van der Waals surface area contributed by atoms with E-state index in [9.17, 15) is 0 Å². The molecule has 0 fully saturated rings. The molecule has 0 spiro atoms. The van der Waals surface area contributed by atoms with E-state index in [1.165, 1.54) is 0 Å². The second kappa shape index (κ2) is 4.18. The van der Waals surface area contributed by atoms with Gasteiger partial charge in [-0.05, 0) is 26.3 Å². The van der Waals surface area contributed by atoms with Crippen LogP contribution < -0.4 is 11.1 Å². The fraction of sp³-hybridized carbons (Fsp3) is 0.556. The van der Waals surface area contributed by atoms with Gasteiger partial charge in [-0.3, -0.25) is 0 Å². The summed E-state index contributed by atoms with van der Waals surface area (Å²) in [6.07, 6.45) is 4.32. The second-order valence-corrected chi connectivity index (χ2v) is 3.74. The van der Waals surface area contributed by atoms with Crippen LogP contribution in [0.25, 0.3) is 0 Å². The predicted octanol–water partition coefficient (Wildman–Crippen LogP) is 1.02. The van der Waals surface area contributed by atoms with Crippen molar-refractivity contribution in [3.8, 4) is 0 Å². The van der Waals surface area contributed by atoms with E-state index in [-0.39, 0.29) is 5.54 Å². The Labute approximate surface area is 78.6 Å². The molecule has 0 radical (unpaired) electrons. The number of rotatable bonds is 4. The number of anilines is 1. The molecule has 1 aromatic rings. The number of hydrogen-bond acceptors (Lipinski definition) is 4. The fourth-order valence-electron chi connectivity index (χ4n) is 0.887. The van der Waals surface area contributed by atoms with Gasteiger partial charge in [0.05, 0.1) is 0 Å². The van der Waals surface area contributed by atoms with Crippen molar-refractivity contribution in [2.24, 2.45) is 5.73 Å². The first kappa shape index (κ1) is 9.92. The molecule has 0 aliphatic rings. The Morgan fingerprint density at radius 2 is 2.00 bits per heavy atom. The van der Waals surface area contributed by atoms with Crippen molar-refractivity contribution in [3.05, 3.63) is 18.5 Å². The van der Waals surface area contributed by atoms with Crippen LogP contribution in [0.5, 0.6) is 0 Å². The molecule has 1 rings (SSSR count). The highest BCUT2D eigenvalue weighted by Crippen LogP contribution is 2.03. The van der Waals surface area contributed by atoms with Gasteiger partial charge >= 0.3 is 0 Å². The highest BCUT2D eigenvalue weighted by atomic mass is 15.1. The Morgan fingerprint density at radius 3 is 2.54 bits per heavy atom. The number of nitrogens with zero attached hydrogens (tertiary/aromatic N) is 2.